The third-order valence-electron chi connectivity index (χ3n) is 5.35. The second-order valence-electron chi connectivity index (χ2n) is 8.11. The smallest absolute Gasteiger partial charge is 0.300 e. The first kappa shape index (κ1) is 21.4. The van der Waals surface area contributed by atoms with Crippen LogP contribution in [0.4, 0.5) is 5.69 Å². The SMILES string of the molecule is Cc1ccc(/C(O)=C2/C(=O)C(=O)N(c3ccccc3)C2c2cccc(OC(C)C)c2)cc1. The lowest BCUT2D eigenvalue weighted by atomic mass is 9.94. The van der Waals surface area contributed by atoms with Crippen LogP contribution in [0.5, 0.6) is 5.75 Å². The summed E-state index contributed by atoms with van der Waals surface area (Å²) in [4.78, 5) is 27.8. The van der Waals surface area contributed by atoms with E-state index >= 15 is 0 Å². The second-order valence-corrected chi connectivity index (χ2v) is 8.11. The Bertz CT molecular complexity index is 1180. The van der Waals surface area contributed by atoms with E-state index in [1.807, 2.05) is 75.4 Å². The first-order chi connectivity index (χ1) is 15.4. The van der Waals surface area contributed by atoms with Gasteiger partial charge in [0.05, 0.1) is 17.7 Å². The van der Waals surface area contributed by atoms with E-state index in [9.17, 15) is 14.7 Å². The highest BCUT2D eigenvalue weighted by Gasteiger charge is 2.47. The maximum Gasteiger partial charge on any atom is 0.300 e. The number of Topliss-reactive ketones (excluding diaryl/α,β-unsaturated/α-hetero) is 1. The minimum atomic E-state index is -0.783. The van der Waals surface area contributed by atoms with Crippen LogP contribution in [0.15, 0.2) is 84.4 Å². The van der Waals surface area contributed by atoms with Gasteiger partial charge in [-0.1, -0.05) is 60.2 Å². The van der Waals surface area contributed by atoms with Gasteiger partial charge in [0.2, 0.25) is 0 Å². The zero-order valence-electron chi connectivity index (χ0n) is 18.3. The normalized spacial score (nSPS) is 17.8. The lowest BCUT2D eigenvalue weighted by Crippen LogP contribution is -2.29. The molecule has 1 amide bonds. The zero-order valence-corrected chi connectivity index (χ0v) is 18.3. The molecule has 5 heteroatoms. The number of carbonyl (C=O) groups excluding carboxylic acids is 2. The Morgan fingerprint density at radius 2 is 1.62 bits per heavy atom. The summed E-state index contributed by atoms with van der Waals surface area (Å²) in [5.41, 5.74) is 2.84. The van der Waals surface area contributed by atoms with Crippen LogP contribution in [0.25, 0.3) is 5.76 Å². The van der Waals surface area contributed by atoms with Crippen molar-refractivity contribution in [1.29, 1.82) is 0 Å². The minimum Gasteiger partial charge on any atom is -0.507 e. The molecule has 0 aliphatic carbocycles. The van der Waals surface area contributed by atoms with E-state index in [0.717, 1.165) is 5.56 Å². The molecule has 5 nitrogen and oxygen atoms in total. The van der Waals surface area contributed by atoms with Gasteiger partial charge in [-0.15, -0.1) is 0 Å². The highest BCUT2D eigenvalue weighted by atomic mass is 16.5. The van der Waals surface area contributed by atoms with E-state index in [-0.39, 0.29) is 17.4 Å². The van der Waals surface area contributed by atoms with Crippen molar-refractivity contribution in [3.63, 3.8) is 0 Å². The Hall–Kier alpha value is -3.86. The van der Waals surface area contributed by atoms with Gasteiger partial charge in [0.1, 0.15) is 11.5 Å². The van der Waals surface area contributed by atoms with Gasteiger partial charge in [0.15, 0.2) is 0 Å². The first-order valence-electron chi connectivity index (χ1n) is 10.6. The molecule has 0 saturated carbocycles. The molecule has 1 heterocycles. The summed E-state index contributed by atoms with van der Waals surface area (Å²) in [6, 6.07) is 22.7. The second kappa shape index (κ2) is 8.71. The van der Waals surface area contributed by atoms with Crippen molar-refractivity contribution < 1.29 is 19.4 Å². The molecule has 32 heavy (non-hydrogen) atoms. The number of para-hydroxylation sites is 1. The first-order valence-corrected chi connectivity index (χ1v) is 10.6. The molecule has 4 rings (SSSR count). The Morgan fingerprint density at radius 3 is 2.28 bits per heavy atom. The number of hydrogen-bond acceptors (Lipinski definition) is 4. The van der Waals surface area contributed by atoms with E-state index in [1.165, 1.54) is 4.90 Å². The number of nitrogens with zero attached hydrogens (tertiary/aromatic N) is 1. The van der Waals surface area contributed by atoms with Crippen LogP contribution >= 0.6 is 0 Å². The van der Waals surface area contributed by atoms with Crippen LogP contribution in [0.3, 0.4) is 0 Å². The van der Waals surface area contributed by atoms with Crippen LogP contribution in [-0.2, 0) is 9.59 Å². The van der Waals surface area contributed by atoms with Gasteiger partial charge in [-0.25, -0.2) is 0 Å². The van der Waals surface area contributed by atoms with E-state index in [2.05, 4.69) is 0 Å². The molecule has 1 aliphatic heterocycles. The number of aliphatic hydroxyl groups is 1. The Morgan fingerprint density at radius 1 is 0.938 bits per heavy atom. The lowest BCUT2D eigenvalue weighted by molar-refractivity contribution is -0.132. The molecule has 0 radical (unpaired) electrons. The summed E-state index contributed by atoms with van der Waals surface area (Å²) in [6.45, 7) is 5.80. The largest absolute Gasteiger partial charge is 0.507 e. The quantitative estimate of drug-likeness (QED) is 0.336. The van der Waals surface area contributed by atoms with E-state index in [0.29, 0.717) is 22.6 Å². The third kappa shape index (κ3) is 4.02. The maximum absolute atomic E-state index is 13.2. The maximum atomic E-state index is 13.2. The highest BCUT2D eigenvalue weighted by Crippen LogP contribution is 2.42. The van der Waals surface area contributed by atoms with Crippen molar-refractivity contribution in [2.45, 2.75) is 32.9 Å². The molecule has 1 unspecified atom stereocenters. The van der Waals surface area contributed by atoms with Crippen molar-refractivity contribution in [3.05, 3.63) is 101 Å². The number of aliphatic hydroxyl groups excluding tert-OH is 1. The number of hydrogen-bond donors (Lipinski definition) is 1. The molecule has 1 fully saturated rings. The molecule has 0 aromatic heterocycles. The molecule has 3 aromatic rings. The van der Waals surface area contributed by atoms with Crippen molar-refractivity contribution in [2.24, 2.45) is 0 Å². The molecule has 1 atom stereocenters. The van der Waals surface area contributed by atoms with E-state index in [4.69, 9.17) is 4.74 Å². The number of aryl methyl sites for hydroxylation is 1. The average Bonchev–Trinajstić information content (AvgIpc) is 3.05. The van der Waals surface area contributed by atoms with Crippen LogP contribution in [-0.4, -0.2) is 22.9 Å². The number of benzene rings is 3. The number of ether oxygens (including phenoxy) is 1. The molecule has 1 saturated heterocycles. The fourth-order valence-corrected chi connectivity index (χ4v) is 3.90. The molecule has 1 N–H and O–H groups in total. The van der Waals surface area contributed by atoms with Gasteiger partial charge >= 0.3 is 0 Å². The summed E-state index contributed by atoms with van der Waals surface area (Å²) in [7, 11) is 0. The summed E-state index contributed by atoms with van der Waals surface area (Å²) >= 11 is 0. The van der Waals surface area contributed by atoms with Gasteiger partial charge in [-0.05, 0) is 50.6 Å². The van der Waals surface area contributed by atoms with Crippen LogP contribution in [0.2, 0.25) is 0 Å². The summed E-state index contributed by atoms with van der Waals surface area (Å²) < 4.78 is 5.84. The fourth-order valence-electron chi connectivity index (χ4n) is 3.90. The molecular weight excluding hydrogens is 402 g/mol. The molecule has 1 aliphatic rings. The van der Waals surface area contributed by atoms with Crippen molar-refractivity contribution in [1.82, 2.24) is 0 Å². The van der Waals surface area contributed by atoms with Gasteiger partial charge in [-0.2, -0.15) is 0 Å². The number of carbonyl (C=O) groups is 2. The van der Waals surface area contributed by atoms with Crippen molar-refractivity contribution >= 4 is 23.1 Å². The summed E-state index contributed by atoms with van der Waals surface area (Å²) in [5.74, 6) is -0.953. The van der Waals surface area contributed by atoms with Gasteiger partial charge in [0, 0.05) is 11.3 Å². The van der Waals surface area contributed by atoms with Gasteiger partial charge in [0.25, 0.3) is 11.7 Å². The number of rotatable bonds is 5. The number of ketones is 1. The molecule has 162 valence electrons. The standard InChI is InChI=1S/C27H25NO4/c1-17(2)32-22-11-7-8-20(16-22)24-23(25(29)19-14-12-18(3)13-15-19)26(30)27(31)28(24)21-9-5-4-6-10-21/h4-17,24,29H,1-3H3/b25-23-. The minimum absolute atomic E-state index is 0.0294. The molecular formula is C27H25NO4. The lowest BCUT2D eigenvalue weighted by Gasteiger charge is -2.26. The average molecular weight is 428 g/mol. The van der Waals surface area contributed by atoms with Crippen molar-refractivity contribution in [3.8, 4) is 5.75 Å². The Balaban J connectivity index is 1.92. The van der Waals surface area contributed by atoms with Gasteiger partial charge in [-0.3, -0.25) is 14.5 Å². The fraction of sp³-hybridized carbons (Fsp3) is 0.185. The summed E-state index contributed by atoms with van der Waals surface area (Å²) in [5, 5.41) is 11.2. The van der Waals surface area contributed by atoms with Crippen LogP contribution in [0, 0.1) is 6.92 Å². The predicted octanol–water partition coefficient (Wildman–Crippen LogP) is 5.41. The number of amides is 1. The Labute approximate surface area is 187 Å². The van der Waals surface area contributed by atoms with E-state index < -0.39 is 17.7 Å². The topological polar surface area (TPSA) is 66.8 Å². The predicted molar refractivity (Wildman–Crippen MR) is 125 cm³/mol. The zero-order chi connectivity index (χ0) is 22.8. The Kier molecular flexibility index (Phi) is 5.82. The summed E-state index contributed by atoms with van der Waals surface area (Å²) in [6.07, 6.45) is -0.0294. The van der Waals surface area contributed by atoms with E-state index in [1.54, 1.807) is 24.3 Å². The third-order valence-corrected chi connectivity index (χ3v) is 5.35. The van der Waals surface area contributed by atoms with Crippen LogP contribution in [0.1, 0.15) is 36.6 Å². The monoisotopic (exact) mass is 427 g/mol. The molecule has 0 bridgehead atoms. The van der Waals surface area contributed by atoms with Crippen LogP contribution < -0.4 is 9.64 Å². The van der Waals surface area contributed by atoms with Gasteiger partial charge < -0.3 is 9.84 Å². The number of anilines is 1. The molecule has 0 spiro atoms. The molecule has 3 aromatic carbocycles. The van der Waals surface area contributed by atoms with Crippen molar-refractivity contribution in [2.75, 3.05) is 4.90 Å². The highest BCUT2D eigenvalue weighted by molar-refractivity contribution is 6.51.